The second-order valence-electron chi connectivity index (χ2n) is 7.83. The Kier molecular flexibility index (Phi) is 4.45. The zero-order chi connectivity index (χ0) is 19.3. The van der Waals surface area contributed by atoms with Crippen molar-refractivity contribution in [1.82, 2.24) is 19.9 Å². The molecule has 3 fully saturated rings. The number of nitrogens with zero attached hydrogens (tertiary/aromatic N) is 4. The number of fused-ring (bicyclic) bond motifs is 1. The summed E-state index contributed by atoms with van der Waals surface area (Å²) in [5, 5.41) is 4.07. The van der Waals surface area contributed by atoms with Crippen molar-refractivity contribution in [2.75, 3.05) is 0 Å². The van der Waals surface area contributed by atoms with Crippen LogP contribution in [0.4, 0.5) is 4.79 Å². The molecule has 8 heteroatoms. The van der Waals surface area contributed by atoms with Crippen molar-refractivity contribution in [2.45, 2.75) is 57.2 Å². The van der Waals surface area contributed by atoms with Crippen molar-refractivity contribution < 1.29 is 14.1 Å². The number of benzene rings is 1. The van der Waals surface area contributed by atoms with Crippen LogP contribution in [0.15, 0.2) is 33.3 Å². The van der Waals surface area contributed by atoms with Gasteiger partial charge >= 0.3 is 6.03 Å². The van der Waals surface area contributed by atoms with Crippen LogP contribution in [0.1, 0.15) is 44.4 Å². The number of aromatic nitrogens is 2. The number of urea groups is 1. The molecule has 1 saturated heterocycles. The number of carbonyl (C=O) groups is 2. The summed E-state index contributed by atoms with van der Waals surface area (Å²) < 4.78 is 6.43. The average molecular weight is 445 g/mol. The third-order valence-electron chi connectivity index (χ3n) is 5.92. The van der Waals surface area contributed by atoms with Crippen LogP contribution in [0.3, 0.4) is 0 Å². The number of imide groups is 1. The van der Waals surface area contributed by atoms with E-state index in [0.717, 1.165) is 48.6 Å². The van der Waals surface area contributed by atoms with Gasteiger partial charge in [0.2, 0.25) is 17.6 Å². The van der Waals surface area contributed by atoms with Crippen molar-refractivity contribution >= 4 is 27.9 Å². The predicted molar refractivity (Wildman–Crippen MR) is 104 cm³/mol. The van der Waals surface area contributed by atoms with Gasteiger partial charge in [0.15, 0.2) is 0 Å². The third kappa shape index (κ3) is 3.13. The maximum Gasteiger partial charge on any atom is 0.327 e. The summed E-state index contributed by atoms with van der Waals surface area (Å²) in [7, 11) is 0. The van der Waals surface area contributed by atoms with Crippen LogP contribution in [-0.2, 0) is 11.3 Å². The molecule has 146 valence electrons. The van der Waals surface area contributed by atoms with Crippen LogP contribution in [0.25, 0.3) is 11.4 Å². The highest BCUT2D eigenvalue weighted by molar-refractivity contribution is 9.10. The van der Waals surface area contributed by atoms with Gasteiger partial charge in [0.05, 0.1) is 5.92 Å². The molecule has 0 radical (unpaired) electrons. The van der Waals surface area contributed by atoms with Gasteiger partial charge in [-0.25, -0.2) is 4.79 Å². The molecule has 3 amide bonds. The molecule has 1 aliphatic heterocycles. The van der Waals surface area contributed by atoms with E-state index in [4.69, 9.17) is 4.52 Å². The minimum Gasteiger partial charge on any atom is -0.337 e. The monoisotopic (exact) mass is 444 g/mol. The standard InChI is InChI=1S/C20H21BrN4O3/c21-13-7-5-12(6-8-13)18-22-17(28-23-18)11-24-16-4-2-1-3-15(16)19(26)25(20(24)27)14-9-10-14/h5-8,14-16H,1-4,9-11H2. The van der Waals surface area contributed by atoms with Gasteiger partial charge in [-0.3, -0.25) is 9.69 Å². The van der Waals surface area contributed by atoms with Crippen LogP contribution in [0.5, 0.6) is 0 Å². The smallest absolute Gasteiger partial charge is 0.327 e. The molecule has 2 aromatic rings. The highest BCUT2D eigenvalue weighted by Gasteiger charge is 2.51. The summed E-state index contributed by atoms with van der Waals surface area (Å²) in [5.41, 5.74) is 0.855. The first-order valence-electron chi connectivity index (χ1n) is 9.84. The first-order valence-corrected chi connectivity index (χ1v) is 10.6. The van der Waals surface area contributed by atoms with Crippen molar-refractivity contribution in [1.29, 1.82) is 0 Å². The van der Waals surface area contributed by atoms with Gasteiger partial charge in [-0.05, 0) is 49.9 Å². The SMILES string of the molecule is O=C1C2CCCCC2N(Cc2nc(-c3ccc(Br)cc3)no2)C(=O)N1C1CC1. The molecule has 2 heterocycles. The van der Waals surface area contributed by atoms with Gasteiger partial charge in [-0.2, -0.15) is 4.98 Å². The average Bonchev–Trinajstić information content (AvgIpc) is 3.43. The molecule has 2 unspecified atom stereocenters. The van der Waals surface area contributed by atoms with Crippen LogP contribution >= 0.6 is 15.9 Å². The zero-order valence-electron chi connectivity index (χ0n) is 15.4. The highest BCUT2D eigenvalue weighted by Crippen LogP contribution is 2.39. The van der Waals surface area contributed by atoms with Crippen molar-refractivity contribution in [2.24, 2.45) is 5.92 Å². The fraction of sp³-hybridized carbons (Fsp3) is 0.500. The summed E-state index contributed by atoms with van der Waals surface area (Å²) in [6.45, 7) is 0.250. The lowest BCUT2D eigenvalue weighted by molar-refractivity contribution is -0.141. The largest absolute Gasteiger partial charge is 0.337 e. The Hall–Kier alpha value is -2.22. The highest BCUT2D eigenvalue weighted by atomic mass is 79.9. The van der Waals surface area contributed by atoms with Gasteiger partial charge in [0, 0.05) is 22.1 Å². The maximum absolute atomic E-state index is 13.1. The molecule has 0 spiro atoms. The summed E-state index contributed by atoms with van der Waals surface area (Å²) in [5.74, 6) is 0.832. The quantitative estimate of drug-likeness (QED) is 0.711. The molecular formula is C20H21BrN4O3. The van der Waals surface area contributed by atoms with E-state index >= 15 is 0 Å². The number of halogens is 1. The van der Waals surface area contributed by atoms with Crippen molar-refractivity contribution in [3.8, 4) is 11.4 Å². The van der Waals surface area contributed by atoms with Gasteiger partial charge in [0.1, 0.15) is 6.54 Å². The maximum atomic E-state index is 13.1. The molecule has 0 N–H and O–H groups in total. The Morgan fingerprint density at radius 1 is 1.07 bits per heavy atom. The summed E-state index contributed by atoms with van der Waals surface area (Å²) >= 11 is 3.41. The Labute approximate surface area is 171 Å². The minimum absolute atomic E-state index is 0.0227. The molecule has 7 nitrogen and oxygen atoms in total. The second-order valence-corrected chi connectivity index (χ2v) is 8.74. The fourth-order valence-corrected chi connectivity index (χ4v) is 4.62. The van der Waals surface area contributed by atoms with E-state index in [1.54, 1.807) is 4.90 Å². The lowest BCUT2D eigenvalue weighted by Gasteiger charge is -2.46. The number of rotatable bonds is 4. The number of hydrogen-bond acceptors (Lipinski definition) is 5. The molecule has 3 aliphatic rings. The molecule has 1 aromatic heterocycles. The Morgan fingerprint density at radius 3 is 2.57 bits per heavy atom. The lowest BCUT2D eigenvalue weighted by atomic mass is 9.81. The van der Waals surface area contributed by atoms with E-state index in [9.17, 15) is 9.59 Å². The van der Waals surface area contributed by atoms with Gasteiger partial charge < -0.3 is 9.42 Å². The van der Waals surface area contributed by atoms with Crippen LogP contribution in [-0.4, -0.2) is 44.0 Å². The van der Waals surface area contributed by atoms with E-state index in [-0.39, 0.29) is 36.5 Å². The summed E-state index contributed by atoms with van der Waals surface area (Å²) in [4.78, 5) is 33.8. The number of carbonyl (C=O) groups excluding carboxylic acids is 2. The Balaban J connectivity index is 1.40. The first kappa shape index (κ1) is 17.8. The predicted octanol–water partition coefficient (Wildman–Crippen LogP) is 3.98. The van der Waals surface area contributed by atoms with Crippen LogP contribution in [0.2, 0.25) is 0 Å². The molecule has 0 bridgehead atoms. The summed E-state index contributed by atoms with van der Waals surface area (Å²) in [6.07, 6.45) is 5.62. The first-order chi connectivity index (χ1) is 13.6. The van der Waals surface area contributed by atoms with E-state index in [0.29, 0.717) is 11.7 Å². The zero-order valence-corrected chi connectivity index (χ0v) is 17.0. The van der Waals surface area contributed by atoms with Gasteiger partial charge in [0.25, 0.3) is 0 Å². The molecular weight excluding hydrogens is 424 g/mol. The van der Waals surface area contributed by atoms with Crippen molar-refractivity contribution in [3.05, 3.63) is 34.6 Å². The van der Waals surface area contributed by atoms with E-state index in [1.165, 1.54) is 4.90 Å². The van der Waals surface area contributed by atoms with Gasteiger partial charge in [-0.1, -0.05) is 33.9 Å². The van der Waals surface area contributed by atoms with E-state index < -0.39 is 0 Å². The molecule has 2 aliphatic carbocycles. The molecule has 28 heavy (non-hydrogen) atoms. The minimum atomic E-state index is -0.195. The summed E-state index contributed by atoms with van der Waals surface area (Å²) in [6, 6.07) is 7.48. The normalized spacial score (nSPS) is 25.2. The second kappa shape index (κ2) is 6.99. The Morgan fingerprint density at radius 2 is 1.82 bits per heavy atom. The van der Waals surface area contributed by atoms with Crippen LogP contribution < -0.4 is 0 Å². The number of hydrogen-bond donors (Lipinski definition) is 0. The molecule has 2 atom stereocenters. The third-order valence-corrected chi connectivity index (χ3v) is 6.45. The van der Waals surface area contributed by atoms with E-state index in [2.05, 4.69) is 26.1 Å². The molecule has 2 saturated carbocycles. The molecule has 5 rings (SSSR count). The van der Waals surface area contributed by atoms with Crippen molar-refractivity contribution in [3.63, 3.8) is 0 Å². The fourth-order valence-electron chi connectivity index (χ4n) is 4.36. The molecule has 1 aromatic carbocycles. The topological polar surface area (TPSA) is 79.5 Å². The van der Waals surface area contributed by atoms with Gasteiger partial charge in [-0.15, -0.1) is 0 Å². The van der Waals surface area contributed by atoms with Crippen LogP contribution in [0, 0.1) is 5.92 Å². The van der Waals surface area contributed by atoms with E-state index in [1.807, 2.05) is 24.3 Å². The Bertz CT molecular complexity index is 908. The number of amides is 3. The lowest BCUT2D eigenvalue weighted by Crippen LogP contribution is -2.62.